The summed E-state index contributed by atoms with van der Waals surface area (Å²) >= 11 is 0. The second kappa shape index (κ2) is 11.2. The first-order valence-electron chi connectivity index (χ1n) is 12.3. The number of likely N-dealkylation sites (N-methyl/N-ethyl adjacent to an activating group) is 1. The molecule has 0 aliphatic carbocycles. The largest absolute Gasteiger partial charge is 0.416 e. The van der Waals surface area contributed by atoms with Gasteiger partial charge in [-0.2, -0.15) is 13.2 Å². The molecule has 3 aromatic carbocycles. The van der Waals surface area contributed by atoms with Gasteiger partial charge in [-0.1, -0.05) is 66.7 Å². The number of carbonyl (C=O) groups excluding carboxylic acids is 1. The van der Waals surface area contributed by atoms with Crippen LogP contribution in [0.5, 0.6) is 0 Å². The second-order valence-corrected chi connectivity index (χ2v) is 9.66. The first-order chi connectivity index (χ1) is 17.6. The Balaban J connectivity index is 1.78. The lowest BCUT2D eigenvalue weighted by molar-refractivity contribution is -0.139. The Labute approximate surface area is 215 Å². The van der Waals surface area contributed by atoms with Crippen LogP contribution < -0.4 is 0 Å². The third-order valence-corrected chi connectivity index (χ3v) is 6.71. The molecule has 1 aromatic heterocycles. The van der Waals surface area contributed by atoms with Crippen molar-refractivity contribution in [3.05, 3.63) is 107 Å². The average Bonchev–Trinajstić information content (AvgIpc) is 3.21. The minimum absolute atomic E-state index is 0.0681. The molecule has 0 N–H and O–H groups in total. The number of carbonyl (C=O) groups is 1. The van der Waals surface area contributed by atoms with Crippen molar-refractivity contribution in [2.75, 3.05) is 27.2 Å². The number of rotatable bonds is 9. The highest BCUT2D eigenvalue weighted by Gasteiger charge is 2.37. The van der Waals surface area contributed by atoms with Crippen LogP contribution in [-0.4, -0.2) is 47.5 Å². The number of hydrogen-bond acceptors (Lipinski definition) is 2. The van der Waals surface area contributed by atoms with Gasteiger partial charge in [0, 0.05) is 56.1 Å². The van der Waals surface area contributed by atoms with Crippen molar-refractivity contribution in [3.63, 3.8) is 0 Å². The topological polar surface area (TPSA) is 28.5 Å². The standard InChI is InChI=1S/C30H32F3N3O/c1-34(2)17-18-36(20-22-11-5-4-6-12-22)29(37)19-25(23-13-7-9-15-27(23)30(31,32)33)26-21-35(3)28-16-10-8-14-24(26)28/h4-16,21,25H,17-20H2,1-3H3. The van der Waals surface area contributed by atoms with Crippen LogP contribution in [0.4, 0.5) is 13.2 Å². The molecule has 7 heteroatoms. The number of para-hydroxylation sites is 1. The second-order valence-electron chi connectivity index (χ2n) is 9.66. The van der Waals surface area contributed by atoms with E-state index in [0.717, 1.165) is 28.1 Å². The van der Waals surface area contributed by atoms with Crippen molar-refractivity contribution in [1.29, 1.82) is 0 Å². The van der Waals surface area contributed by atoms with Crippen molar-refractivity contribution in [1.82, 2.24) is 14.4 Å². The highest BCUT2D eigenvalue weighted by molar-refractivity contribution is 5.86. The molecule has 0 fully saturated rings. The number of alkyl halides is 3. The third kappa shape index (κ3) is 6.23. The molecule has 0 radical (unpaired) electrons. The van der Waals surface area contributed by atoms with Crippen LogP contribution in [0.2, 0.25) is 0 Å². The number of nitrogens with zero attached hydrogens (tertiary/aromatic N) is 3. The zero-order chi connectivity index (χ0) is 26.6. The predicted molar refractivity (Wildman–Crippen MR) is 141 cm³/mol. The van der Waals surface area contributed by atoms with E-state index in [0.29, 0.717) is 19.6 Å². The molecule has 1 atom stereocenters. The molecule has 37 heavy (non-hydrogen) atoms. The molecular weight excluding hydrogens is 475 g/mol. The maximum atomic E-state index is 14.1. The lowest BCUT2D eigenvalue weighted by atomic mass is 9.85. The van der Waals surface area contributed by atoms with Gasteiger partial charge in [0.05, 0.1) is 5.56 Å². The van der Waals surface area contributed by atoms with Crippen LogP contribution in [0.1, 0.15) is 34.6 Å². The first kappa shape index (κ1) is 26.5. The van der Waals surface area contributed by atoms with Gasteiger partial charge in [0.15, 0.2) is 0 Å². The molecule has 0 aliphatic rings. The highest BCUT2D eigenvalue weighted by atomic mass is 19.4. The molecule has 1 unspecified atom stereocenters. The fraction of sp³-hybridized carbons (Fsp3) is 0.300. The number of halogens is 3. The number of aryl methyl sites for hydroxylation is 1. The molecule has 0 saturated carbocycles. The van der Waals surface area contributed by atoms with Crippen LogP contribution in [0.15, 0.2) is 85.1 Å². The van der Waals surface area contributed by atoms with Gasteiger partial charge in [-0.05, 0) is 42.9 Å². The zero-order valence-electron chi connectivity index (χ0n) is 21.4. The molecule has 4 nitrogen and oxygen atoms in total. The fourth-order valence-corrected chi connectivity index (χ4v) is 4.82. The maximum Gasteiger partial charge on any atom is 0.416 e. The summed E-state index contributed by atoms with van der Waals surface area (Å²) < 4.78 is 44.3. The SMILES string of the molecule is CN(C)CCN(Cc1ccccc1)C(=O)CC(c1ccccc1C(F)(F)F)c1cn(C)c2ccccc12. The van der Waals surface area contributed by atoms with Gasteiger partial charge in [-0.15, -0.1) is 0 Å². The minimum atomic E-state index is -4.53. The Morgan fingerprint density at radius 2 is 1.51 bits per heavy atom. The summed E-state index contributed by atoms with van der Waals surface area (Å²) in [6.45, 7) is 1.53. The van der Waals surface area contributed by atoms with E-state index in [2.05, 4.69) is 0 Å². The zero-order valence-corrected chi connectivity index (χ0v) is 21.4. The third-order valence-electron chi connectivity index (χ3n) is 6.71. The summed E-state index contributed by atoms with van der Waals surface area (Å²) in [6, 6.07) is 22.9. The summed E-state index contributed by atoms with van der Waals surface area (Å²) in [4.78, 5) is 17.6. The molecule has 4 aromatic rings. The van der Waals surface area contributed by atoms with Crippen molar-refractivity contribution in [2.24, 2.45) is 7.05 Å². The maximum absolute atomic E-state index is 14.1. The van der Waals surface area contributed by atoms with Crippen molar-refractivity contribution in [3.8, 4) is 0 Å². The number of hydrogen-bond donors (Lipinski definition) is 0. The van der Waals surface area contributed by atoms with E-state index in [-0.39, 0.29) is 17.9 Å². The van der Waals surface area contributed by atoms with Gasteiger partial charge >= 0.3 is 6.18 Å². The summed E-state index contributed by atoms with van der Waals surface area (Å²) in [5.74, 6) is -0.935. The van der Waals surface area contributed by atoms with Crippen molar-refractivity contribution < 1.29 is 18.0 Å². The van der Waals surface area contributed by atoms with E-state index in [1.54, 1.807) is 11.0 Å². The van der Waals surface area contributed by atoms with Gasteiger partial charge in [0.25, 0.3) is 0 Å². The lowest BCUT2D eigenvalue weighted by Gasteiger charge is -2.28. The van der Waals surface area contributed by atoms with Crippen LogP contribution >= 0.6 is 0 Å². The number of aromatic nitrogens is 1. The molecular formula is C30H32F3N3O. The van der Waals surface area contributed by atoms with E-state index in [4.69, 9.17) is 0 Å². The van der Waals surface area contributed by atoms with Gasteiger partial charge < -0.3 is 14.4 Å². The van der Waals surface area contributed by atoms with E-state index in [1.807, 2.05) is 91.4 Å². The summed E-state index contributed by atoms with van der Waals surface area (Å²) in [6.07, 6.45) is -2.74. The monoisotopic (exact) mass is 507 g/mol. The van der Waals surface area contributed by atoms with Gasteiger partial charge in [-0.3, -0.25) is 4.79 Å². The number of benzene rings is 3. The molecule has 4 rings (SSSR count). The van der Waals surface area contributed by atoms with Crippen LogP contribution in [-0.2, 0) is 24.6 Å². The normalized spacial score (nSPS) is 12.7. The van der Waals surface area contributed by atoms with E-state index in [9.17, 15) is 18.0 Å². The van der Waals surface area contributed by atoms with Gasteiger partial charge in [0.1, 0.15) is 0 Å². The van der Waals surface area contributed by atoms with Crippen molar-refractivity contribution in [2.45, 2.75) is 25.1 Å². The molecule has 0 saturated heterocycles. The molecule has 0 aliphatic heterocycles. The van der Waals surface area contributed by atoms with E-state index >= 15 is 0 Å². The van der Waals surface area contributed by atoms with Crippen LogP contribution in [0.3, 0.4) is 0 Å². The molecule has 0 bridgehead atoms. The Kier molecular flexibility index (Phi) is 8.03. The Morgan fingerprint density at radius 3 is 2.22 bits per heavy atom. The summed E-state index contributed by atoms with van der Waals surface area (Å²) in [5.41, 5.74) is 2.02. The predicted octanol–water partition coefficient (Wildman–Crippen LogP) is 6.31. The van der Waals surface area contributed by atoms with Gasteiger partial charge in [-0.25, -0.2) is 0 Å². The Hall–Kier alpha value is -3.58. The Morgan fingerprint density at radius 1 is 0.865 bits per heavy atom. The van der Waals surface area contributed by atoms with Crippen LogP contribution in [0.25, 0.3) is 10.9 Å². The van der Waals surface area contributed by atoms with Gasteiger partial charge in [0.2, 0.25) is 5.91 Å². The van der Waals surface area contributed by atoms with Crippen LogP contribution in [0, 0.1) is 0 Å². The molecule has 1 heterocycles. The highest BCUT2D eigenvalue weighted by Crippen LogP contribution is 2.41. The first-order valence-corrected chi connectivity index (χ1v) is 12.3. The number of fused-ring (bicyclic) bond motifs is 1. The smallest absolute Gasteiger partial charge is 0.350 e. The fourth-order valence-electron chi connectivity index (χ4n) is 4.82. The molecule has 0 spiro atoms. The Bertz CT molecular complexity index is 1350. The van der Waals surface area contributed by atoms with E-state index < -0.39 is 17.7 Å². The molecule has 194 valence electrons. The average molecular weight is 508 g/mol. The molecule has 1 amide bonds. The van der Waals surface area contributed by atoms with Crippen molar-refractivity contribution >= 4 is 16.8 Å². The van der Waals surface area contributed by atoms with E-state index in [1.165, 1.54) is 12.1 Å². The summed E-state index contributed by atoms with van der Waals surface area (Å²) in [7, 11) is 5.74. The quantitative estimate of drug-likeness (QED) is 0.266. The minimum Gasteiger partial charge on any atom is -0.350 e. The summed E-state index contributed by atoms with van der Waals surface area (Å²) in [5, 5.41) is 0.850. The lowest BCUT2D eigenvalue weighted by Crippen LogP contribution is -2.37. The number of amides is 1.